The molecule has 2 rings (SSSR count). The van der Waals surface area contributed by atoms with Gasteiger partial charge in [-0.3, -0.25) is 4.79 Å². The predicted molar refractivity (Wildman–Crippen MR) is 67.3 cm³/mol. The number of likely N-dealkylation sites (tertiary alicyclic amines) is 1. The van der Waals surface area contributed by atoms with Crippen molar-refractivity contribution in [3.63, 3.8) is 0 Å². The predicted octanol–water partition coefficient (Wildman–Crippen LogP) is 2.71. The zero-order chi connectivity index (χ0) is 12.3. The Morgan fingerprint density at radius 1 is 1.29 bits per heavy atom. The summed E-state index contributed by atoms with van der Waals surface area (Å²) in [6, 6.07) is 7.70. The van der Waals surface area contributed by atoms with E-state index in [0.29, 0.717) is 6.04 Å². The molecular formula is C14H19NO2. The topological polar surface area (TPSA) is 29.5 Å². The molecule has 0 radical (unpaired) electrons. The standard InChI is InChI=1S/C14H19NO2/c1-11-5-3-4-10-15(11)14(16)12-6-8-13(17-2)9-7-12/h6-9,11H,3-5,10H2,1-2H3/t11-/m0/s1. The van der Waals surface area contributed by atoms with Crippen LogP contribution in [0.4, 0.5) is 0 Å². The first-order valence-corrected chi connectivity index (χ1v) is 6.17. The van der Waals surface area contributed by atoms with Crippen LogP contribution >= 0.6 is 0 Å². The van der Waals surface area contributed by atoms with Gasteiger partial charge >= 0.3 is 0 Å². The van der Waals surface area contributed by atoms with Crippen molar-refractivity contribution in [1.82, 2.24) is 4.90 Å². The average molecular weight is 233 g/mol. The van der Waals surface area contributed by atoms with Crippen LogP contribution in [-0.2, 0) is 0 Å². The van der Waals surface area contributed by atoms with Crippen molar-refractivity contribution >= 4 is 5.91 Å². The molecule has 1 aliphatic rings. The molecule has 1 heterocycles. The molecule has 0 N–H and O–H groups in total. The van der Waals surface area contributed by atoms with Crippen molar-refractivity contribution in [1.29, 1.82) is 0 Å². The Balaban J connectivity index is 2.12. The molecule has 0 bridgehead atoms. The second-order valence-electron chi connectivity index (χ2n) is 4.57. The number of carbonyl (C=O) groups excluding carboxylic acids is 1. The number of hydrogen-bond donors (Lipinski definition) is 0. The van der Waals surface area contributed by atoms with Crippen LogP contribution in [0.15, 0.2) is 24.3 Å². The van der Waals surface area contributed by atoms with Gasteiger partial charge in [-0.25, -0.2) is 0 Å². The lowest BCUT2D eigenvalue weighted by molar-refractivity contribution is 0.0635. The van der Waals surface area contributed by atoms with Gasteiger partial charge in [0.1, 0.15) is 5.75 Å². The molecule has 1 fully saturated rings. The van der Waals surface area contributed by atoms with Gasteiger partial charge in [-0.1, -0.05) is 0 Å². The molecule has 3 nitrogen and oxygen atoms in total. The molecule has 0 saturated carbocycles. The van der Waals surface area contributed by atoms with Crippen molar-refractivity contribution in [2.45, 2.75) is 32.2 Å². The van der Waals surface area contributed by atoms with E-state index in [2.05, 4.69) is 6.92 Å². The number of carbonyl (C=O) groups is 1. The maximum absolute atomic E-state index is 12.3. The van der Waals surface area contributed by atoms with Crippen LogP contribution in [0, 0.1) is 0 Å². The summed E-state index contributed by atoms with van der Waals surface area (Å²) in [5, 5.41) is 0. The van der Waals surface area contributed by atoms with Gasteiger partial charge in [-0.2, -0.15) is 0 Å². The van der Waals surface area contributed by atoms with Gasteiger partial charge in [-0.15, -0.1) is 0 Å². The van der Waals surface area contributed by atoms with Crippen LogP contribution in [0.5, 0.6) is 5.75 Å². The average Bonchev–Trinajstić information content (AvgIpc) is 2.39. The summed E-state index contributed by atoms with van der Waals surface area (Å²) < 4.78 is 5.09. The maximum Gasteiger partial charge on any atom is 0.254 e. The molecule has 1 atom stereocenters. The Hall–Kier alpha value is -1.51. The Morgan fingerprint density at radius 2 is 2.00 bits per heavy atom. The molecule has 3 heteroatoms. The fraction of sp³-hybridized carbons (Fsp3) is 0.500. The van der Waals surface area contributed by atoms with Crippen LogP contribution in [0.25, 0.3) is 0 Å². The SMILES string of the molecule is COc1ccc(C(=O)N2CCCC[C@@H]2C)cc1. The van der Waals surface area contributed by atoms with Gasteiger partial charge in [0.2, 0.25) is 0 Å². The second kappa shape index (κ2) is 5.21. The van der Waals surface area contributed by atoms with Crippen molar-refractivity contribution in [2.24, 2.45) is 0 Å². The molecule has 17 heavy (non-hydrogen) atoms. The van der Waals surface area contributed by atoms with Crippen molar-refractivity contribution < 1.29 is 9.53 Å². The lowest BCUT2D eigenvalue weighted by Gasteiger charge is -2.33. The van der Waals surface area contributed by atoms with Gasteiger partial charge in [0.05, 0.1) is 7.11 Å². The molecule has 0 unspecified atom stereocenters. The molecule has 1 aromatic rings. The van der Waals surface area contributed by atoms with E-state index < -0.39 is 0 Å². The third-order valence-corrected chi connectivity index (χ3v) is 3.40. The number of nitrogens with zero attached hydrogens (tertiary/aromatic N) is 1. The van der Waals surface area contributed by atoms with Crippen LogP contribution in [0.3, 0.4) is 0 Å². The first-order chi connectivity index (χ1) is 8.22. The largest absolute Gasteiger partial charge is 0.497 e. The summed E-state index contributed by atoms with van der Waals surface area (Å²) in [6.45, 7) is 3.01. The lowest BCUT2D eigenvalue weighted by atomic mass is 10.0. The third-order valence-electron chi connectivity index (χ3n) is 3.40. The monoisotopic (exact) mass is 233 g/mol. The Bertz CT molecular complexity index is 386. The number of methoxy groups -OCH3 is 1. The van der Waals surface area contributed by atoms with E-state index >= 15 is 0 Å². The fourth-order valence-electron chi connectivity index (χ4n) is 2.30. The smallest absolute Gasteiger partial charge is 0.254 e. The number of amides is 1. The molecule has 92 valence electrons. The molecule has 0 aromatic heterocycles. The molecule has 1 amide bonds. The Kier molecular flexibility index (Phi) is 3.67. The van der Waals surface area contributed by atoms with E-state index in [-0.39, 0.29) is 5.91 Å². The molecule has 1 aromatic carbocycles. The van der Waals surface area contributed by atoms with E-state index in [1.54, 1.807) is 7.11 Å². The van der Waals surface area contributed by atoms with Crippen LogP contribution in [0.1, 0.15) is 36.5 Å². The number of hydrogen-bond acceptors (Lipinski definition) is 2. The van der Waals surface area contributed by atoms with Crippen LogP contribution < -0.4 is 4.74 Å². The second-order valence-corrected chi connectivity index (χ2v) is 4.57. The van der Waals surface area contributed by atoms with Gasteiger partial charge in [-0.05, 0) is 50.5 Å². The third kappa shape index (κ3) is 2.60. The summed E-state index contributed by atoms with van der Waals surface area (Å²) in [6.07, 6.45) is 3.46. The number of ether oxygens (including phenoxy) is 1. The minimum Gasteiger partial charge on any atom is -0.497 e. The first-order valence-electron chi connectivity index (χ1n) is 6.17. The van der Waals surface area contributed by atoms with Crippen molar-refractivity contribution in [2.75, 3.05) is 13.7 Å². The summed E-state index contributed by atoms with van der Waals surface area (Å²) in [4.78, 5) is 14.3. The number of benzene rings is 1. The van der Waals surface area contributed by atoms with E-state index in [9.17, 15) is 4.79 Å². The molecule has 0 aliphatic carbocycles. The van der Waals surface area contributed by atoms with Crippen LogP contribution in [-0.4, -0.2) is 30.5 Å². The van der Waals surface area contributed by atoms with Crippen LogP contribution in [0.2, 0.25) is 0 Å². The first kappa shape index (κ1) is 12.0. The van der Waals surface area contributed by atoms with Crippen molar-refractivity contribution in [3.05, 3.63) is 29.8 Å². The quantitative estimate of drug-likeness (QED) is 0.786. The highest BCUT2D eigenvalue weighted by Gasteiger charge is 2.23. The minimum absolute atomic E-state index is 0.139. The highest BCUT2D eigenvalue weighted by Crippen LogP contribution is 2.20. The van der Waals surface area contributed by atoms with E-state index in [1.807, 2.05) is 29.2 Å². The van der Waals surface area contributed by atoms with Gasteiger partial charge in [0, 0.05) is 18.2 Å². The highest BCUT2D eigenvalue weighted by molar-refractivity contribution is 5.94. The van der Waals surface area contributed by atoms with Crippen molar-refractivity contribution in [3.8, 4) is 5.75 Å². The minimum atomic E-state index is 0.139. The molecule has 1 saturated heterocycles. The number of piperidine rings is 1. The van der Waals surface area contributed by atoms with E-state index in [4.69, 9.17) is 4.74 Å². The van der Waals surface area contributed by atoms with E-state index in [1.165, 1.54) is 6.42 Å². The number of rotatable bonds is 2. The van der Waals surface area contributed by atoms with Gasteiger partial charge < -0.3 is 9.64 Å². The molecule has 0 spiro atoms. The normalized spacial score (nSPS) is 20.1. The highest BCUT2D eigenvalue weighted by atomic mass is 16.5. The van der Waals surface area contributed by atoms with Gasteiger partial charge in [0.25, 0.3) is 5.91 Å². The molecule has 1 aliphatic heterocycles. The summed E-state index contributed by atoms with van der Waals surface area (Å²) >= 11 is 0. The summed E-state index contributed by atoms with van der Waals surface area (Å²) in [5.41, 5.74) is 0.750. The zero-order valence-corrected chi connectivity index (χ0v) is 10.5. The Morgan fingerprint density at radius 3 is 2.59 bits per heavy atom. The summed E-state index contributed by atoms with van der Waals surface area (Å²) in [7, 11) is 1.63. The Labute approximate surface area is 102 Å². The maximum atomic E-state index is 12.3. The lowest BCUT2D eigenvalue weighted by Crippen LogP contribution is -2.41. The summed E-state index contributed by atoms with van der Waals surface area (Å²) in [5.74, 6) is 0.924. The van der Waals surface area contributed by atoms with E-state index in [0.717, 1.165) is 30.7 Å². The molecular weight excluding hydrogens is 214 g/mol. The fourth-order valence-corrected chi connectivity index (χ4v) is 2.30. The van der Waals surface area contributed by atoms with Gasteiger partial charge in [0.15, 0.2) is 0 Å². The zero-order valence-electron chi connectivity index (χ0n) is 10.5.